The van der Waals surface area contributed by atoms with E-state index < -0.39 is 0 Å². The Balaban J connectivity index is 1.23. The molecule has 2 aromatic heterocycles. The number of hydrogen-bond acceptors (Lipinski definition) is 3. The van der Waals surface area contributed by atoms with Gasteiger partial charge in [-0.3, -0.25) is 4.79 Å². The standard InChI is InChI=1S/C24H24N4O/c1-18-14-23-26-16-20(17-28(23)27-18)6-5-13-25-24(29)15-19-9-11-22(12-10-19)21-7-3-2-4-8-21/h2-4,7-12,14,16-17H,5-6,13,15H2,1H3,(H,25,29). The molecule has 1 amide bonds. The van der Waals surface area contributed by atoms with Gasteiger partial charge in [0.2, 0.25) is 5.91 Å². The molecule has 0 bridgehead atoms. The number of aromatic nitrogens is 3. The van der Waals surface area contributed by atoms with Gasteiger partial charge in [-0.1, -0.05) is 54.6 Å². The van der Waals surface area contributed by atoms with E-state index in [0.29, 0.717) is 13.0 Å². The highest BCUT2D eigenvalue weighted by atomic mass is 16.1. The van der Waals surface area contributed by atoms with Crippen LogP contribution in [0.15, 0.2) is 73.1 Å². The summed E-state index contributed by atoms with van der Waals surface area (Å²) in [5.74, 6) is 0.0498. The first-order chi connectivity index (χ1) is 14.2. The van der Waals surface area contributed by atoms with Gasteiger partial charge < -0.3 is 5.32 Å². The molecule has 0 aliphatic carbocycles. The molecule has 0 fully saturated rings. The molecule has 0 atom stereocenters. The minimum Gasteiger partial charge on any atom is -0.356 e. The van der Waals surface area contributed by atoms with Crippen LogP contribution in [0.3, 0.4) is 0 Å². The lowest BCUT2D eigenvalue weighted by molar-refractivity contribution is -0.120. The van der Waals surface area contributed by atoms with Crippen LogP contribution < -0.4 is 5.32 Å². The quantitative estimate of drug-likeness (QED) is 0.490. The average Bonchev–Trinajstić information content (AvgIpc) is 3.12. The molecule has 0 aliphatic rings. The first-order valence-corrected chi connectivity index (χ1v) is 9.89. The zero-order valence-electron chi connectivity index (χ0n) is 16.5. The molecule has 0 spiro atoms. The largest absolute Gasteiger partial charge is 0.356 e. The minimum absolute atomic E-state index is 0.0498. The van der Waals surface area contributed by atoms with Crippen molar-refractivity contribution in [3.05, 3.63) is 89.9 Å². The third-order valence-electron chi connectivity index (χ3n) is 4.88. The van der Waals surface area contributed by atoms with E-state index in [2.05, 4.69) is 39.7 Å². The van der Waals surface area contributed by atoms with E-state index in [-0.39, 0.29) is 5.91 Å². The second kappa shape index (κ2) is 8.69. The SMILES string of the molecule is Cc1cc2ncc(CCCNC(=O)Cc3ccc(-c4ccccc4)cc3)cn2n1. The summed E-state index contributed by atoms with van der Waals surface area (Å²) < 4.78 is 1.81. The molecule has 29 heavy (non-hydrogen) atoms. The number of amides is 1. The van der Waals surface area contributed by atoms with E-state index in [4.69, 9.17) is 0 Å². The van der Waals surface area contributed by atoms with Gasteiger partial charge in [-0.2, -0.15) is 5.10 Å². The Morgan fingerprint density at radius 3 is 2.55 bits per heavy atom. The molecule has 0 saturated carbocycles. The number of nitrogens with zero attached hydrogens (tertiary/aromatic N) is 3. The fraction of sp³-hybridized carbons (Fsp3) is 0.208. The Hall–Kier alpha value is -3.47. The molecular weight excluding hydrogens is 360 g/mol. The molecule has 0 saturated heterocycles. The fourth-order valence-corrected chi connectivity index (χ4v) is 3.38. The zero-order valence-corrected chi connectivity index (χ0v) is 16.5. The molecule has 4 aromatic rings. The minimum atomic E-state index is 0.0498. The third-order valence-corrected chi connectivity index (χ3v) is 4.88. The summed E-state index contributed by atoms with van der Waals surface area (Å²) in [5.41, 5.74) is 6.29. The topological polar surface area (TPSA) is 59.3 Å². The maximum absolute atomic E-state index is 12.2. The first-order valence-electron chi connectivity index (χ1n) is 9.89. The number of nitrogens with one attached hydrogen (secondary N) is 1. The maximum Gasteiger partial charge on any atom is 0.224 e. The molecule has 4 rings (SSSR count). The average molecular weight is 384 g/mol. The van der Waals surface area contributed by atoms with Crippen LogP contribution in [0.5, 0.6) is 0 Å². The summed E-state index contributed by atoms with van der Waals surface area (Å²) in [5, 5.41) is 7.39. The van der Waals surface area contributed by atoms with Gasteiger partial charge in [0.15, 0.2) is 5.65 Å². The second-order valence-electron chi connectivity index (χ2n) is 7.24. The normalized spacial score (nSPS) is 10.9. The Bertz CT molecular complexity index is 1100. The van der Waals surface area contributed by atoms with Crippen molar-refractivity contribution in [3.8, 4) is 11.1 Å². The predicted molar refractivity (Wildman–Crippen MR) is 115 cm³/mol. The number of carbonyl (C=O) groups excluding carboxylic acids is 1. The van der Waals surface area contributed by atoms with Gasteiger partial charge >= 0.3 is 0 Å². The van der Waals surface area contributed by atoms with E-state index in [1.54, 1.807) is 0 Å². The van der Waals surface area contributed by atoms with Crippen LogP contribution in [0.2, 0.25) is 0 Å². The molecule has 5 heteroatoms. The van der Waals surface area contributed by atoms with Crippen LogP contribution in [0.1, 0.15) is 23.2 Å². The number of rotatable bonds is 7. The lowest BCUT2D eigenvalue weighted by Crippen LogP contribution is -2.26. The molecule has 0 radical (unpaired) electrons. The van der Waals surface area contributed by atoms with Gasteiger partial charge in [0.25, 0.3) is 0 Å². The van der Waals surface area contributed by atoms with Crippen molar-refractivity contribution in [3.63, 3.8) is 0 Å². The van der Waals surface area contributed by atoms with Crippen LogP contribution in [-0.4, -0.2) is 27.0 Å². The first kappa shape index (κ1) is 18.9. The summed E-state index contributed by atoms with van der Waals surface area (Å²) in [6.07, 6.45) is 6.01. The Labute approximate surface area is 170 Å². The predicted octanol–water partition coefficient (Wildman–Crippen LogP) is 4.00. The van der Waals surface area contributed by atoms with Crippen molar-refractivity contribution in [1.82, 2.24) is 19.9 Å². The highest BCUT2D eigenvalue weighted by molar-refractivity contribution is 5.78. The van der Waals surface area contributed by atoms with E-state index in [9.17, 15) is 4.79 Å². The van der Waals surface area contributed by atoms with Crippen LogP contribution in [-0.2, 0) is 17.6 Å². The lowest BCUT2D eigenvalue weighted by atomic mass is 10.0. The summed E-state index contributed by atoms with van der Waals surface area (Å²) in [4.78, 5) is 16.6. The molecular formula is C24H24N4O. The summed E-state index contributed by atoms with van der Waals surface area (Å²) in [6.45, 7) is 2.61. The summed E-state index contributed by atoms with van der Waals surface area (Å²) >= 11 is 0. The highest BCUT2D eigenvalue weighted by Crippen LogP contribution is 2.19. The van der Waals surface area contributed by atoms with Crippen LogP contribution in [0.25, 0.3) is 16.8 Å². The van der Waals surface area contributed by atoms with Crippen LogP contribution in [0.4, 0.5) is 0 Å². The van der Waals surface area contributed by atoms with Crippen molar-refractivity contribution in [2.24, 2.45) is 0 Å². The maximum atomic E-state index is 12.2. The molecule has 2 aromatic carbocycles. The van der Waals surface area contributed by atoms with Crippen molar-refractivity contribution in [2.75, 3.05) is 6.54 Å². The number of carbonyl (C=O) groups is 1. The smallest absolute Gasteiger partial charge is 0.224 e. The van der Waals surface area contributed by atoms with Crippen molar-refractivity contribution < 1.29 is 4.79 Å². The number of benzene rings is 2. The van der Waals surface area contributed by atoms with E-state index in [1.165, 1.54) is 5.56 Å². The van der Waals surface area contributed by atoms with Crippen molar-refractivity contribution in [2.45, 2.75) is 26.2 Å². The van der Waals surface area contributed by atoms with Gasteiger partial charge in [-0.05, 0) is 42.0 Å². The second-order valence-corrected chi connectivity index (χ2v) is 7.24. The van der Waals surface area contributed by atoms with E-state index in [0.717, 1.165) is 40.9 Å². The van der Waals surface area contributed by atoms with Gasteiger partial charge in [0, 0.05) is 25.0 Å². The monoisotopic (exact) mass is 384 g/mol. The van der Waals surface area contributed by atoms with Gasteiger partial charge in [-0.25, -0.2) is 9.50 Å². The Kier molecular flexibility index (Phi) is 5.66. The molecule has 1 N–H and O–H groups in total. The third kappa shape index (κ3) is 4.88. The van der Waals surface area contributed by atoms with Crippen molar-refractivity contribution in [1.29, 1.82) is 0 Å². The summed E-state index contributed by atoms with van der Waals surface area (Å²) in [7, 11) is 0. The molecule has 146 valence electrons. The lowest BCUT2D eigenvalue weighted by Gasteiger charge is -2.07. The zero-order chi connectivity index (χ0) is 20.1. The van der Waals surface area contributed by atoms with E-state index in [1.807, 2.05) is 60.2 Å². The molecule has 5 nitrogen and oxygen atoms in total. The van der Waals surface area contributed by atoms with Crippen LogP contribution >= 0.6 is 0 Å². The number of fused-ring (bicyclic) bond motifs is 1. The summed E-state index contributed by atoms with van der Waals surface area (Å²) in [6, 6.07) is 20.4. The molecule has 0 unspecified atom stereocenters. The Morgan fingerprint density at radius 2 is 1.76 bits per heavy atom. The molecule has 2 heterocycles. The number of aryl methyl sites for hydroxylation is 2. The van der Waals surface area contributed by atoms with E-state index >= 15 is 0 Å². The van der Waals surface area contributed by atoms with Gasteiger partial charge in [0.05, 0.1) is 12.1 Å². The van der Waals surface area contributed by atoms with Gasteiger partial charge in [-0.15, -0.1) is 0 Å². The van der Waals surface area contributed by atoms with Crippen LogP contribution in [0, 0.1) is 6.92 Å². The van der Waals surface area contributed by atoms with Gasteiger partial charge in [0.1, 0.15) is 0 Å². The highest BCUT2D eigenvalue weighted by Gasteiger charge is 2.05. The Morgan fingerprint density at radius 1 is 1.00 bits per heavy atom. The number of hydrogen-bond donors (Lipinski definition) is 1. The molecule has 0 aliphatic heterocycles. The van der Waals surface area contributed by atoms with Crippen molar-refractivity contribution >= 4 is 11.6 Å². The fourth-order valence-electron chi connectivity index (χ4n) is 3.38.